The summed E-state index contributed by atoms with van der Waals surface area (Å²) in [7, 11) is 1.53. The number of hydrogen-bond acceptors (Lipinski definition) is 7. The zero-order valence-electron chi connectivity index (χ0n) is 9.75. The molecule has 2 atom stereocenters. The van der Waals surface area contributed by atoms with Gasteiger partial charge in [0.25, 0.3) is 5.79 Å². The molecule has 0 aliphatic heterocycles. The summed E-state index contributed by atoms with van der Waals surface area (Å²) in [4.78, 5) is 0. The van der Waals surface area contributed by atoms with Crippen molar-refractivity contribution in [1.29, 1.82) is 0 Å². The van der Waals surface area contributed by atoms with Crippen molar-refractivity contribution in [2.24, 2.45) is 36.4 Å². The van der Waals surface area contributed by atoms with Crippen molar-refractivity contribution in [1.82, 2.24) is 0 Å². The predicted molar refractivity (Wildman–Crippen MR) is 58.0 cm³/mol. The minimum absolute atomic E-state index is 0.378. The molecule has 7 nitrogen and oxygen atoms in total. The van der Waals surface area contributed by atoms with E-state index in [4.69, 9.17) is 5.73 Å². The third-order valence-corrected chi connectivity index (χ3v) is 1.64. The number of nitrogens with zero attached hydrogens (tertiary/aromatic N) is 6. The largest absolute Gasteiger partial charge is 0.284 e. The van der Waals surface area contributed by atoms with Gasteiger partial charge in [0, 0.05) is 7.05 Å². The van der Waals surface area contributed by atoms with Gasteiger partial charge in [0.1, 0.15) is 6.04 Å². The number of nitrogens with two attached hydrogens (primary N) is 1. The first-order valence-electron chi connectivity index (χ1n) is 4.95. The summed E-state index contributed by atoms with van der Waals surface area (Å²) in [5.74, 6) is -1.23. The van der Waals surface area contributed by atoms with Crippen LogP contribution in [0.4, 0.5) is 0 Å². The minimum atomic E-state index is -1.23. The predicted octanol–water partition coefficient (Wildman–Crippen LogP) is 2.01. The Hall–Kier alpha value is -1.24. The van der Waals surface area contributed by atoms with Crippen molar-refractivity contribution in [3.63, 3.8) is 0 Å². The highest BCUT2D eigenvalue weighted by Crippen LogP contribution is 2.16. The first-order chi connectivity index (χ1) is 7.10. The van der Waals surface area contributed by atoms with Crippen LogP contribution < -0.4 is 5.73 Å². The average molecular weight is 213 g/mol. The van der Waals surface area contributed by atoms with Gasteiger partial charge in [-0.2, -0.15) is 20.5 Å². The lowest BCUT2D eigenvalue weighted by molar-refractivity contribution is 0.346. The second-order valence-corrected chi connectivity index (χ2v) is 2.89. The molecule has 2 N–H and O–H groups in total. The number of hydrogen-bond donors (Lipinski definition) is 1. The molecule has 0 radical (unpaired) electrons. The molecular weight excluding hydrogens is 194 g/mol. The first kappa shape index (κ1) is 13.8. The molecule has 0 amide bonds. The monoisotopic (exact) mass is 213 g/mol. The third kappa shape index (κ3) is 4.68. The van der Waals surface area contributed by atoms with E-state index in [0.717, 1.165) is 0 Å². The van der Waals surface area contributed by atoms with Gasteiger partial charge >= 0.3 is 0 Å². The van der Waals surface area contributed by atoms with Gasteiger partial charge in [-0.15, -0.1) is 10.2 Å². The molecule has 0 aromatic carbocycles. The quantitative estimate of drug-likeness (QED) is 0.670. The Morgan fingerprint density at radius 3 is 2.20 bits per heavy atom. The Labute approximate surface area is 90.0 Å². The smallest absolute Gasteiger partial charge is 0.263 e. The lowest BCUT2D eigenvalue weighted by atomic mass is 10.2. The average Bonchev–Trinajstić information content (AvgIpc) is 2.23. The Morgan fingerprint density at radius 2 is 1.73 bits per heavy atom. The molecule has 0 aromatic heterocycles. The van der Waals surface area contributed by atoms with E-state index in [9.17, 15) is 0 Å². The fraction of sp³-hybridized carbons (Fsp3) is 1.00. The van der Waals surface area contributed by atoms with Gasteiger partial charge in [0.15, 0.2) is 0 Å². The van der Waals surface area contributed by atoms with Gasteiger partial charge < -0.3 is 0 Å². The number of rotatable bonds is 6. The van der Waals surface area contributed by atoms with E-state index in [0.29, 0.717) is 13.1 Å². The second kappa shape index (κ2) is 7.10. The van der Waals surface area contributed by atoms with Crippen LogP contribution in [0.5, 0.6) is 0 Å². The van der Waals surface area contributed by atoms with Gasteiger partial charge in [-0.1, -0.05) is 0 Å². The third-order valence-electron chi connectivity index (χ3n) is 1.64. The van der Waals surface area contributed by atoms with E-state index >= 15 is 0 Å². The van der Waals surface area contributed by atoms with Crippen LogP contribution in [-0.4, -0.2) is 32.0 Å². The van der Waals surface area contributed by atoms with Crippen molar-refractivity contribution >= 4 is 0 Å². The van der Waals surface area contributed by atoms with Crippen LogP contribution in [-0.2, 0) is 0 Å². The Bertz CT molecular complexity index is 247. The van der Waals surface area contributed by atoms with E-state index in [1.807, 2.05) is 13.8 Å². The zero-order chi connectivity index (χ0) is 11.7. The van der Waals surface area contributed by atoms with E-state index in [-0.39, 0.29) is 6.04 Å². The maximum absolute atomic E-state index is 5.90. The lowest BCUT2D eigenvalue weighted by Gasteiger charge is -2.20. The molecule has 2 unspecified atom stereocenters. The van der Waals surface area contributed by atoms with Crippen LogP contribution in [0.3, 0.4) is 0 Å². The van der Waals surface area contributed by atoms with Crippen LogP contribution in [0, 0.1) is 0 Å². The molecule has 0 fully saturated rings. The molecule has 0 spiro atoms. The summed E-state index contributed by atoms with van der Waals surface area (Å²) < 4.78 is 0. The SMILES string of the molecule is CCN=NC(C)C(N)(N=NC)N=NCC. The van der Waals surface area contributed by atoms with Crippen LogP contribution in [0.25, 0.3) is 0 Å². The normalized spacial score (nSPS) is 19.0. The highest BCUT2D eigenvalue weighted by molar-refractivity contribution is 4.86. The van der Waals surface area contributed by atoms with Crippen LogP contribution in [0.15, 0.2) is 30.7 Å². The molecule has 15 heavy (non-hydrogen) atoms. The topological polar surface area (TPSA) is 100 Å². The molecule has 0 aliphatic carbocycles. The summed E-state index contributed by atoms with van der Waals surface area (Å²) in [5, 5.41) is 23.1. The van der Waals surface area contributed by atoms with Crippen LogP contribution >= 0.6 is 0 Å². The molecule has 0 saturated carbocycles. The molecule has 0 rings (SSSR count). The van der Waals surface area contributed by atoms with Crippen LogP contribution in [0.2, 0.25) is 0 Å². The molecule has 7 heteroatoms. The Morgan fingerprint density at radius 1 is 1.13 bits per heavy atom. The molecule has 0 bridgehead atoms. The molecule has 0 aliphatic rings. The van der Waals surface area contributed by atoms with Crippen molar-refractivity contribution in [2.45, 2.75) is 32.6 Å². The Kier molecular flexibility index (Phi) is 6.52. The fourth-order valence-corrected chi connectivity index (χ4v) is 0.820. The van der Waals surface area contributed by atoms with E-state index in [1.54, 1.807) is 6.92 Å². The molecule has 0 saturated heterocycles. The highest BCUT2D eigenvalue weighted by atomic mass is 15.4. The zero-order valence-corrected chi connectivity index (χ0v) is 9.75. The maximum atomic E-state index is 5.90. The van der Waals surface area contributed by atoms with Crippen molar-refractivity contribution in [3.05, 3.63) is 0 Å². The van der Waals surface area contributed by atoms with E-state index in [2.05, 4.69) is 30.7 Å². The minimum Gasteiger partial charge on any atom is -0.284 e. The summed E-state index contributed by atoms with van der Waals surface area (Å²) in [5.41, 5.74) is 5.90. The van der Waals surface area contributed by atoms with Crippen molar-refractivity contribution < 1.29 is 0 Å². The number of azo groups is 3. The molecule has 86 valence electrons. The van der Waals surface area contributed by atoms with E-state index in [1.165, 1.54) is 7.05 Å². The summed E-state index contributed by atoms with van der Waals surface area (Å²) in [6.45, 7) is 6.70. The van der Waals surface area contributed by atoms with Gasteiger partial charge in [-0.05, 0) is 20.8 Å². The van der Waals surface area contributed by atoms with Crippen molar-refractivity contribution in [2.75, 3.05) is 20.1 Å². The second-order valence-electron chi connectivity index (χ2n) is 2.89. The van der Waals surface area contributed by atoms with Gasteiger partial charge in [0.05, 0.1) is 13.1 Å². The summed E-state index contributed by atoms with van der Waals surface area (Å²) in [6.07, 6.45) is 0. The van der Waals surface area contributed by atoms with Crippen LogP contribution in [0.1, 0.15) is 20.8 Å². The molecule has 0 heterocycles. The van der Waals surface area contributed by atoms with E-state index < -0.39 is 5.79 Å². The standard InChI is InChI=1S/C8H19N7/c1-5-11-13-7(3)8(9,14-10-4)15-12-6-2/h7H,5-6,9H2,1-4H3. The van der Waals surface area contributed by atoms with Gasteiger partial charge in [-0.3, -0.25) is 5.73 Å². The fourth-order valence-electron chi connectivity index (χ4n) is 0.820. The van der Waals surface area contributed by atoms with Gasteiger partial charge in [0.2, 0.25) is 0 Å². The van der Waals surface area contributed by atoms with Gasteiger partial charge in [-0.25, -0.2) is 0 Å². The molecule has 0 aromatic rings. The lowest BCUT2D eigenvalue weighted by Crippen LogP contribution is -2.44. The Balaban J connectivity index is 4.76. The summed E-state index contributed by atoms with van der Waals surface area (Å²) in [6, 6.07) is -0.378. The van der Waals surface area contributed by atoms with Crippen molar-refractivity contribution in [3.8, 4) is 0 Å². The highest BCUT2D eigenvalue weighted by Gasteiger charge is 2.32. The first-order valence-corrected chi connectivity index (χ1v) is 4.95. The maximum Gasteiger partial charge on any atom is 0.263 e. The summed E-state index contributed by atoms with van der Waals surface area (Å²) >= 11 is 0. The molecular formula is C8H19N7.